The quantitative estimate of drug-likeness (QED) is 0.766. The van der Waals surface area contributed by atoms with Crippen LogP contribution < -0.4 is 0 Å². The maximum Gasteiger partial charge on any atom is 0.300 e. The summed E-state index contributed by atoms with van der Waals surface area (Å²) in [7, 11) is 0. The Balaban J connectivity index is 0.000000487. The van der Waals surface area contributed by atoms with Crippen LogP contribution in [-0.4, -0.2) is 16.2 Å². The van der Waals surface area contributed by atoms with Crippen molar-refractivity contribution < 1.29 is 23.8 Å². The molecule has 1 aromatic carbocycles. The Kier molecular flexibility index (Phi) is 5.95. The highest BCUT2D eigenvalue weighted by atomic mass is 19.1. The van der Waals surface area contributed by atoms with Gasteiger partial charge in [0.2, 0.25) is 0 Å². The lowest BCUT2D eigenvalue weighted by Crippen LogP contribution is -1.97. The van der Waals surface area contributed by atoms with Crippen LogP contribution >= 0.6 is 0 Å². The van der Waals surface area contributed by atoms with Gasteiger partial charge in [-0.15, -0.1) is 6.58 Å². The van der Waals surface area contributed by atoms with Gasteiger partial charge in [-0.25, -0.2) is 8.78 Å². The molecule has 0 aromatic heterocycles. The summed E-state index contributed by atoms with van der Waals surface area (Å²) in [6.45, 7) is 4.37. The molecule has 1 unspecified atom stereocenters. The molecule has 0 radical (unpaired) electrons. The second-order valence-corrected chi connectivity index (χ2v) is 2.87. The number of benzene rings is 1. The van der Waals surface area contributed by atoms with Crippen LogP contribution in [-0.2, 0) is 4.79 Å². The van der Waals surface area contributed by atoms with E-state index in [2.05, 4.69) is 6.58 Å². The van der Waals surface area contributed by atoms with E-state index < -0.39 is 23.7 Å². The van der Waals surface area contributed by atoms with Gasteiger partial charge in [-0.1, -0.05) is 12.1 Å². The molecule has 0 spiro atoms. The zero-order chi connectivity index (χ0) is 12.7. The molecular formula is C11H12F2O3. The third-order valence-electron chi connectivity index (χ3n) is 1.50. The van der Waals surface area contributed by atoms with E-state index >= 15 is 0 Å². The number of rotatable bonds is 2. The highest BCUT2D eigenvalue weighted by molar-refractivity contribution is 5.62. The number of aliphatic carboxylic acids is 1. The first kappa shape index (κ1) is 14.2. The van der Waals surface area contributed by atoms with Gasteiger partial charge in [-0.2, -0.15) is 0 Å². The summed E-state index contributed by atoms with van der Waals surface area (Å²) in [5.41, 5.74) is 0.0337. The third-order valence-corrected chi connectivity index (χ3v) is 1.50. The van der Waals surface area contributed by atoms with Crippen LogP contribution in [0.4, 0.5) is 8.78 Å². The Morgan fingerprint density at radius 2 is 2.00 bits per heavy atom. The lowest BCUT2D eigenvalue weighted by Gasteiger charge is -2.05. The smallest absolute Gasteiger partial charge is 0.300 e. The normalized spacial score (nSPS) is 11.0. The number of carboxylic acids is 1. The number of carboxylic acid groups (broad SMARTS) is 1. The average molecular weight is 230 g/mol. The first-order valence-corrected chi connectivity index (χ1v) is 4.33. The van der Waals surface area contributed by atoms with Crippen LogP contribution in [0.25, 0.3) is 0 Å². The Bertz CT molecular complexity index is 373. The summed E-state index contributed by atoms with van der Waals surface area (Å²) in [5.74, 6) is -2.25. The summed E-state index contributed by atoms with van der Waals surface area (Å²) in [6.07, 6.45) is 0.0988. The minimum absolute atomic E-state index is 0.0337. The molecule has 1 aromatic rings. The van der Waals surface area contributed by atoms with Gasteiger partial charge in [0.05, 0.1) is 6.10 Å². The molecule has 0 aliphatic rings. The summed E-state index contributed by atoms with van der Waals surface area (Å²) in [5, 5.41) is 16.5. The molecule has 2 N–H and O–H groups in total. The monoisotopic (exact) mass is 230 g/mol. The van der Waals surface area contributed by atoms with E-state index in [0.717, 1.165) is 19.1 Å². The molecule has 0 amide bonds. The van der Waals surface area contributed by atoms with Gasteiger partial charge in [0.15, 0.2) is 0 Å². The van der Waals surface area contributed by atoms with E-state index in [1.165, 1.54) is 12.1 Å². The van der Waals surface area contributed by atoms with Gasteiger partial charge >= 0.3 is 0 Å². The predicted molar refractivity (Wildman–Crippen MR) is 54.8 cm³/mol. The van der Waals surface area contributed by atoms with Gasteiger partial charge < -0.3 is 10.2 Å². The summed E-state index contributed by atoms with van der Waals surface area (Å²) >= 11 is 0. The zero-order valence-corrected chi connectivity index (χ0v) is 8.65. The molecule has 0 aliphatic heterocycles. The van der Waals surface area contributed by atoms with E-state index in [-0.39, 0.29) is 5.56 Å². The molecule has 0 saturated heterocycles. The number of hydrogen-bond acceptors (Lipinski definition) is 2. The van der Waals surface area contributed by atoms with Crippen molar-refractivity contribution in [1.82, 2.24) is 0 Å². The van der Waals surface area contributed by atoms with Crippen LogP contribution in [0.3, 0.4) is 0 Å². The number of hydrogen-bond donors (Lipinski definition) is 2. The molecule has 88 valence electrons. The van der Waals surface area contributed by atoms with Gasteiger partial charge in [0.1, 0.15) is 11.6 Å². The fourth-order valence-corrected chi connectivity index (χ4v) is 0.868. The minimum Gasteiger partial charge on any atom is -0.481 e. The van der Waals surface area contributed by atoms with Crippen LogP contribution in [0.2, 0.25) is 0 Å². The van der Waals surface area contributed by atoms with Crippen molar-refractivity contribution in [3.05, 3.63) is 48.1 Å². The lowest BCUT2D eigenvalue weighted by molar-refractivity contribution is -0.134. The predicted octanol–water partition coefficient (Wildman–Crippen LogP) is 2.28. The van der Waals surface area contributed by atoms with Crippen molar-refractivity contribution in [3.63, 3.8) is 0 Å². The van der Waals surface area contributed by atoms with Crippen molar-refractivity contribution in [3.8, 4) is 0 Å². The van der Waals surface area contributed by atoms with Gasteiger partial charge in [0.25, 0.3) is 5.97 Å². The Labute approximate surface area is 91.7 Å². The lowest BCUT2D eigenvalue weighted by atomic mass is 10.1. The van der Waals surface area contributed by atoms with Crippen LogP contribution in [0.5, 0.6) is 0 Å². The maximum atomic E-state index is 12.8. The summed E-state index contributed by atoms with van der Waals surface area (Å²) < 4.78 is 25.2. The highest BCUT2D eigenvalue weighted by Crippen LogP contribution is 2.18. The van der Waals surface area contributed by atoms with Gasteiger partial charge in [-0.05, 0) is 6.07 Å². The SMILES string of the molecule is C=CC(O)c1ccc(F)cc1F.CC(=O)O. The summed E-state index contributed by atoms with van der Waals surface area (Å²) in [6, 6.07) is 3.00. The number of aliphatic hydroxyl groups excluding tert-OH is 1. The molecule has 5 heteroatoms. The van der Waals surface area contributed by atoms with Crippen LogP contribution in [0.15, 0.2) is 30.9 Å². The Morgan fingerprint density at radius 1 is 1.50 bits per heavy atom. The molecular weight excluding hydrogens is 218 g/mol. The topological polar surface area (TPSA) is 57.5 Å². The molecule has 0 fully saturated rings. The zero-order valence-electron chi connectivity index (χ0n) is 8.65. The van der Waals surface area contributed by atoms with Gasteiger partial charge in [0, 0.05) is 18.6 Å². The van der Waals surface area contributed by atoms with Crippen molar-refractivity contribution in [2.75, 3.05) is 0 Å². The van der Waals surface area contributed by atoms with E-state index in [1.54, 1.807) is 0 Å². The maximum absolute atomic E-state index is 12.8. The highest BCUT2D eigenvalue weighted by Gasteiger charge is 2.09. The Morgan fingerprint density at radius 3 is 2.38 bits per heavy atom. The molecule has 16 heavy (non-hydrogen) atoms. The minimum atomic E-state index is -1.08. The molecule has 0 saturated carbocycles. The van der Waals surface area contributed by atoms with Crippen molar-refractivity contribution in [2.45, 2.75) is 13.0 Å². The van der Waals surface area contributed by atoms with Crippen LogP contribution in [0.1, 0.15) is 18.6 Å². The number of aliphatic hydroxyl groups is 1. The third kappa shape index (κ3) is 5.21. The molecule has 1 atom stereocenters. The van der Waals surface area contributed by atoms with Crippen molar-refractivity contribution in [1.29, 1.82) is 0 Å². The van der Waals surface area contributed by atoms with Gasteiger partial charge in [-0.3, -0.25) is 4.79 Å². The first-order valence-electron chi connectivity index (χ1n) is 4.33. The van der Waals surface area contributed by atoms with E-state index in [1.807, 2.05) is 0 Å². The van der Waals surface area contributed by atoms with Crippen LogP contribution in [0, 0.1) is 11.6 Å². The first-order chi connectivity index (χ1) is 7.38. The molecule has 1 rings (SSSR count). The Hall–Kier alpha value is -1.75. The fourth-order valence-electron chi connectivity index (χ4n) is 0.868. The van der Waals surface area contributed by atoms with E-state index in [4.69, 9.17) is 15.0 Å². The van der Waals surface area contributed by atoms with E-state index in [0.29, 0.717) is 0 Å². The second-order valence-electron chi connectivity index (χ2n) is 2.87. The molecule has 0 aliphatic carbocycles. The van der Waals surface area contributed by atoms with E-state index in [9.17, 15) is 8.78 Å². The standard InChI is InChI=1S/C9H8F2O.C2H4O2/c1-2-9(12)7-4-3-6(10)5-8(7)11;1-2(3)4/h2-5,9,12H,1H2;1H3,(H,3,4). The number of carbonyl (C=O) groups is 1. The summed E-state index contributed by atoms with van der Waals surface area (Å²) in [4.78, 5) is 9.00. The average Bonchev–Trinajstić information content (AvgIpc) is 2.16. The fraction of sp³-hybridized carbons (Fsp3) is 0.182. The van der Waals surface area contributed by atoms with Crippen molar-refractivity contribution in [2.24, 2.45) is 0 Å². The largest absolute Gasteiger partial charge is 0.481 e. The van der Waals surface area contributed by atoms with Crippen molar-refractivity contribution >= 4 is 5.97 Å². The molecule has 0 bridgehead atoms. The molecule has 3 nitrogen and oxygen atoms in total. The second kappa shape index (κ2) is 6.68. The number of halogens is 2. The molecule has 0 heterocycles.